The second-order valence-electron chi connectivity index (χ2n) is 7.04. The minimum atomic E-state index is -0.410. The summed E-state index contributed by atoms with van der Waals surface area (Å²) in [7, 11) is 1.37. The average molecular weight is 455 g/mol. The van der Waals surface area contributed by atoms with Crippen molar-refractivity contribution < 1.29 is 14.3 Å². The van der Waals surface area contributed by atoms with Crippen molar-refractivity contribution in [3.05, 3.63) is 74.9 Å². The van der Waals surface area contributed by atoms with E-state index in [-0.39, 0.29) is 18.4 Å². The summed E-state index contributed by atoms with van der Waals surface area (Å²) < 4.78 is 5.05. The van der Waals surface area contributed by atoms with Crippen molar-refractivity contribution in [1.29, 1.82) is 0 Å². The van der Waals surface area contributed by atoms with Gasteiger partial charge < -0.3 is 15.0 Å². The van der Waals surface area contributed by atoms with Crippen LogP contribution in [-0.4, -0.2) is 40.6 Å². The van der Waals surface area contributed by atoms with Gasteiger partial charge >= 0.3 is 5.97 Å². The highest BCUT2D eigenvalue weighted by Crippen LogP contribution is 2.45. The number of hydrogen-bond acceptors (Lipinski definition) is 8. The van der Waals surface area contributed by atoms with E-state index >= 15 is 0 Å². The van der Waals surface area contributed by atoms with E-state index in [2.05, 4.69) is 15.3 Å². The van der Waals surface area contributed by atoms with Gasteiger partial charge in [0.2, 0.25) is 5.91 Å². The lowest BCUT2D eigenvalue weighted by Gasteiger charge is -2.35. The SMILES string of the molecule is COC(=O)C1=C(C)N=C2SC=C(CC(=O)NCCc3ccccn3)N2C1c1ccsc1. The van der Waals surface area contributed by atoms with Gasteiger partial charge in [-0.15, -0.1) is 0 Å². The zero-order valence-electron chi connectivity index (χ0n) is 17.2. The summed E-state index contributed by atoms with van der Waals surface area (Å²) in [4.78, 5) is 36.1. The number of fused-ring (bicyclic) bond motifs is 1. The molecule has 0 radical (unpaired) electrons. The Bertz CT molecular complexity index is 1060. The van der Waals surface area contributed by atoms with Crippen LogP contribution in [0.4, 0.5) is 0 Å². The van der Waals surface area contributed by atoms with Crippen molar-refractivity contribution in [2.24, 2.45) is 4.99 Å². The normalized spacial score (nSPS) is 17.7. The smallest absolute Gasteiger partial charge is 0.338 e. The maximum atomic E-state index is 12.6. The van der Waals surface area contributed by atoms with Crippen LogP contribution in [-0.2, 0) is 20.7 Å². The van der Waals surface area contributed by atoms with Crippen molar-refractivity contribution in [2.75, 3.05) is 13.7 Å². The summed E-state index contributed by atoms with van der Waals surface area (Å²) in [5.74, 6) is -0.494. The van der Waals surface area contributed by atoms with Crippen molar-refractivity contribution in [3.63, 3.8) is 0 Å². The number of esters is 1. The predicted molar refractivity (Wildman–Crippen MR) is 122 cm³/mol. The predicted octanol–water partition coefficient (Wildman–Crippen LogP) is 3.64. The summed E-state index contributed by atoms with van der Waals surface area (Å²) in [5.41, 5.74) is 3.85. The maximum Gasteiger partial charge on any atom is 0.338 e. The van der Waals surface area contributed by atoms with Crippen molar-refractivity contribution >= 4 is 40.1 Å². The second kappa shape index (κ2) is 9.49. The van der Waals surface area contributed by atoms with Crippen LogP contribution >= 0.6 is 23.1 Å². The average Bonchev–Trinajstić information content (AvgIpc) is 3.44. The molecule has 4 heterocycles. The van der Waals surface area contributed by atoms with Crippen LogP contribution in [0.5, 0.6) is 0 Å². The highest BCUT2D eigenvalue weighted by atomic mass is 32.2. The third-order valence-electron chi connectivity index (χ3n) is 5.04. The molecular weight excluding hydrogens is 432 g/mol. The minimum Gasteiger partial charge on any atom is -0.466 e. The molecule has 160 valence electrons. The van der Waals surface area contributed by atoms with Crippen LogP contribution in [0.25, 0.3) is 0 Å². The number of ether oxygens (including phenoxy) is 1. The molecule has 1 atom stereocenters. The quantitative estimate of drug-likeness (QED) is 0.643. The fourth-order valence-corrected chi connectivity index (χ4v) is 5.23. The zero-order valence-corrected chi connectivity index (χ0v) is 18.8. The summed E-state index contributed by atoms with van der Waals surface area (Å²) in [5, 5.41) is 9.64. The third kappa shape index (κ3) is 4.57. The van der Waals surface area contributed by atoms with Gasteiger partial charge in [0, 0.05) is 30.6 Å². The highest BCUT2D eigenvalue weighted by molar-refractivity contribution is 8.16. The van der Waals surface area contributed by atoms with Crippen LogP contribution in [0.3, 0.4) is 0 Å². The Balaban J connectivity index is 1.50. The van der Waals surface area contributed by atoms with E-state index in [4.69, 9.17) is 4.74 Å². The number of thioether (sulfide) groups is 1. The molecule has 2 aromatic heterocycles. The lowest BCUT2D eigenvalue weighted by molar-refractivity contribution is -0.136. The number of allylic oxidation sites excluding steroid dienone is 1. The number of hydrogen-bond donors (Lipinski definition) is 1. The first-order valence-corrected chi connectivity index (χ1v) is 11.6. The van der Waals surface area contributed by atoms with E-state index in [0.717, 1.165) is 22.1 Å². The second-order valence-corrected chi connectivity index (χ2v) is 8.66. The largest absolute Gasteiger partial charge is 0.466 e. The van der Waals surface area contributed by atoms with Gasteiger partial charge in [0.25, 0.3) is 0 Å². The molecule has 2 aromatic rings. The summed E-state index contributed by atoms with van der Waals surface area (Å²) in [6.07, 6.45) is 2.61. The molecule has 9 heteroatoms. The first-order valence-electron chi connectivity index (χ1n) is 9.80. The van der Waals surface area contributed by atoms with Crippen LogP contribution in [0.15, 0.2) is 68.6 Å². The number of aromatic nitrogens is 1. The summed E-state index contributed by atoms with van der Waals surface area (Å²) in [6, 6.07) is 7.36. The monoisotopic (exact) mass is 454 g/mol. The Hall–Kier alpha value is -2.91. The van der Waals surface area contributed by atoms with Gasteiger partial charge in [-0.05, 0) is 46.9 Å². The molecule has 4 rings (SSSR count). The van der Waals surface area contributed by atoms with Crippen LogP contribution in [0.2, 0.25) is 0 Å². The molecular formula is C22H22N4O3S2. The molecule has 7 nitrogen and oxygen atoms in total. The fraction of sp³-hybridized carbons (Fsp3) is 0.273. The topological polar surface area (TPSA) is 83.9 Å². The van der Waals surface area contributed by atoms with E-state index in [0.29, 0.717) is 24.2 Å². The molecule has 0 saturated heterocycles. The van der Waals surface area contributed by atoms with Gasteiger partial charge in [-0.2, -0.15) is 11.3 Å². The maximum absolute atomic E-state index is 12.6. The van der Waals surface area contributed by atoms with Gasteiger partial charge in [-0.3, -0.25) is 9.78 Å². The lowest BCUT2D eigenvalue weighted by atomic mass is 9.96. The lowest BCUT2D eigenvalue weighted by Crippen LogP contribution is -2.38. The number of methoxy groups -OCH3 is 1. The Morgan fingerprint density at radius 1 is 1.29 bits per heavy atom. The number of pyridine rings is 1. The molecule has 2 aliphatic heterocycles. The molecule has 2 aliphatic rings. The molecule has 0 aliphatic carbocycles. The van der Waals surface area contributed by atoms with E-state index in [1.807, 2.05) is 52.3 Å². The van der Waals surface area contributed by atoms with Gasteiger partial charge in [0.05, 0.1) is 30.8 Å². The Kier molecular flexibility index (Phi) is 6.53. The fourth-order valence-electron chi connectivity index (χ4n) is 3.59. The van der Waals surface area contributed by atoms with Crippen LogP contribution < -0.4 is 5.32 Å². The highest BCUT2D eigenvalue weighted by Gasteiger charge is 2.41. The number of carbonyl (C=O) groups is 2. The number of carbonyl (C=O) groups excluding carboxylic acids is 2. The number of nitrogens with one attached hydrogen (secondary N) is 1. The number of aliphatic imine (C=N–C) groups is 1. The molecule has 0 saturated carbocycles. The van der Waals surface area contributed by atoms with Crippen molar-refractivity contribution in [3.8, 4) is 0 Å². The summed E-state index contributed by atoms with van der Waals surface area (Å²) in [6.45, 7) is 2.33. The number of nitrogens with zero attached hydrogens (tertiary/aromatic N) is 3. The number of rotatable bonds is 7. The van der Waals surface area contributed by atoms with E-state index in [1.165, 1.54) is 18.9 Å². The molecule has 1 amide bonds. The number of amides is 1. The molecule has 0 spiro atoms. The van der Waals surface area contributed by atoms with E-state index in [1.54, 1.807) is 17.5 Å². The van der Waals surface area contributed by atoms with Gasteiger partial charge in [-0.1, -0.05) is 17.8 Å². The molecule has 0 aromatic carbocycles. The summed E-state index contributed by atoms with van der Waals surface area (Å²) >= 11 is 3.03. The molecule has 0 bridgehead atoms. The number of thiophene rings is 1. The first kappa shape index (κ1) is 21.3. The molecule has 31 heavy (non-hydrogen) atoms. The Morgan fingerprint density at radius 2 is 2.16 bits per heavy atom. The van der Waals surface area contributed by atoms with Crippen molar-refractivity contribution in [1.82, 2.24) is 15.2 Å². The van der Waals surface area contributed by atoms with Crippen molar-refractivity contribution in [2.45, 2.75) is 25.8 Å². The van der Waals surface area contributed by atoms with Gasteiger partial charge in [0.15, 0.2) is 5.17 Å². The Labute approximate surface area is 188 Å². The minimum absolute atomic E-state index is 0.0843. The van der Waals surface area contributed by atoms with E-state index < -0.39 is 5.97 Å². The number of amidine groups is 1. The van der Waals surface area contributed by atoms with Crippen LogP contribution in [0, 0.1) is 0 Å². The molecule has 0 fully saturated rings. The van der Waals surface area contributed by atoms with E-state index in [9.17, 15) is 9.59 Å². The standard InChI is InChI=1S/C22H22N4O3S2/c1-14-19(21(28)29-2)20(15-7-10-30-12-15)26-17(13-31-22(26)25-14)11-18(27)24-9-6-16-5-3-4-8-23-16/h3-5,7-8,10,12-13,20H,6,9,11H2,1-2H3,(H,24,27). The third-order valence-corrected chi connectivity index (χ3v) is 6.63. The van der Waals surface area contributed by atoms with Crippen LogP contribution in [0.1, 0.15) is 30.6 Å². The van der Waals surface area contributed by atoms with Gasteiger partial charge in [-0.25, -0.2) is 9.79 Å². The first-order chi connectivity index (χ1) is 15.1. The van der Waals surface area contributed by atoms with Gasteiger partial charge in [0.1, 0.15) is 0 Å². The molecule has 1 N–H and O–H groups in total. The Morgan fingerprint density at radius 3 is 2.87 bits per heavy atom. The molecule has 1 unspecified atom stereocenters. The zero-order chi connectivity index (χ0) is 21.8.